The van der Waals surface area contributed by atoms with E-state index in [1.165, 1.54) is 11.0 Å². The number of hydrogen-bond acceptors (Lipinski definition) is 7. The molecule has 0 bridgehead atoms. The van der Waals surface area contributed by atoms with Crippen molar-refractivity contribution >= 4 is 5.70 Å². The van der Waals surface area contributed by atoms with Crippen molar-refractivity contribution in [2.45, 2.75) is 6.54 Å². The molecule has 3 rings (SSSR count). The number of nitrogens with one attached hydrogen (secondary N) is 1. The third-order valence-electron chi connectivity index (χ3n) is 4.63. The average molecular weight is 424 g/mol. The molecule has 0 amide bonds. The largest absolute Gasteiger partial charge is 0.364 e. The highest BCUT2D eigenvalue weighted by Crippen LogP contribution is 2.33. The van der Waals surface area contributed by atoms with E-state index in [0.29, 0.717) is 11.1 Å². The second kappa shape index (κ2) is 8.44. The second-order valence-electron chi connectivity index (χ2n) is 6.40. The fraction of sp³-hybridized carbons (Fsp3) is 0.150. The molecule has 1 saturated heterocycles. The smallest absolute Gasteiger partial charge is 0.320 e. The molecular formula is C20H11F3N6O2. The first-order valence-corrected chi connectivity index (χ1v) is 8.71. The molecule has 0 unspecified atom stereocenters. The van der Waals surface area contributed by atoms with Gasteiger partial charge in [-0.2, -0.15) is 15.8 Å². The van der Waals surface area contributed by atoms with Gasteiger partial charge in [-0.05, 0) is 17.7 Å². The molecule has 1 aliphatic rings. The Hall–Kier alpha value is -4.56. The van der Waals surface area contributed by atoms with Crippen molar-refractivity contribution in [3.8, 4) is 18.2 Å². The van der Waals surface area contributed by atoms with Gasteiger partial charge in [0.05, 0.1) is 16.6 Å². The maximum Gasteiger partial charge on any atom is 0.320 e. The van der Waals surface area contributed by atoms with Crippen LogP contribution in [0.15, 0.2) is 30.1 Å². The summed E-state index contributed by atoms with van der Waals surface area (Å²) in [5.41, 5.74) is -3.59. The van der Waals surface area contributed by atoms with Crippen LogP contribution in [-0.2, 0) is 6.54 Å². The van der Waals surface area contributed by atoms with Crippen molar-refractivity contribution in [2.75, 3.05) is 13.1 Å². The molecule has 1 aliphatic heterocycles. The van der Waals surface area contributed by atoms with Gasteiger partial charge in [0, 0.05) is 19.6 Å². The van der Waals surface area contributed by atoms with E-state index in [1.54, 1.807) is 24.3 Å². The summed E-state index contributed by atoms with van der Waals surface area (Å²) in [6, 6.07) is 10.7. The molecule has 0 aliphatic carbocycles. The molecule has 0 radical (unpaired) electrons. The summed E-state index contributed by atoms with van der Waals surface area (Å²) in [6.07, 6.45) is 0. The normalized spacial score (nSPS) is 14.3. The van der Waals surface area contributed by atoms with Crippen molar-refractivity contribution in [3.63, 3.8) is 0 Å². The van der Waals surface area contributed by atoms with Crippen molar-refractivity contribution in [1.29, 1.82) is 15.8 Å². The fourth-order valence-corrected chi connectivity index (χ4v) is 3.21. The maximum atomic E-state index is 14.7. The van der Waals surface area contributed by atoms with Gasteiger partial charge in [-0.1, -0.05) is 12.1 Å². The lowest BCUT2D eigenvalue weighted by Gasteiger charge is -2.19. The van der Waals surface area contributed by atoms with Gasteiger partial charge in [0.1, 0.15) is 28.8 Å². The number of nitriles is 3. The van der Waals surface area contributed by atoms with Crippen molar-refractivity contribution in [1.82, 2.24) is 10.2 Å². The number of nitrogens with zero attached hydrogens (tertiary/aromatic N) is 5. The van der Waals surface area contributed by atoms with Gasteiger partial charge in [0.25, 0.3) is 0 Å². The summed E-state index contributed by atoms with van der Waals surface area (Å²) in [6.45, 7) is 0.571. The van der Waals surface area contributed by atoms with E-state index < -0.39 is 44.8 Å². The van der Waals surface area contributed by atoms with Crippen molar-refractivity contribution < 1.29 is 18.1 Å². The molecule has 2 aromatic carbocycles. The van der Waals surface area contributed by atoms with Crippen LogP contribution in [0.5, 0.6) is 0 Å². The topological polar surface area (TPSA) is 130 Å². The summed E-state index contributed by atoms with van der Waals surface area (Å²) in [5, 5.41) is 41.5. The molecule has 1 heterocycles. The Bertz CT molecular complexity index is 1240. The molecule has 0 saturated carbocycles. The van der Waals surface area contributed by atoms with Gasteiger partial charge < -0.3 is 10.2 Å². The lowest BCUT2D eigenvalue weighted by Crippen LogP contribution is -2.24. The number of benzene rings is 2. The summed E-state index contributed by atoms with van der Waals surface area (Å²) in [4.78, 5) is 12.2. The molecule has 0 spiro atoms. The van der Waals surface area contributed by atoms with Crippen molar-refractivity contribution in [2.24, 2.45) is 0 Å². The number of halogens is 3. The molecule has 154 valence electrons. The van der Waals surface area contributed by atoms with E-state index in [4.69, 9.17) is 10.5 Å². The third kappa shape index (κ3) is 3.70. The Morgan fingerprint density at radius 3 is 2.23 bits per heavy atom. The van der Waals surface area contributed by atoms with Gasteiger partial charge in [0.2, 0.25) is 0 Å². The van der Waals surface area contributed by atoms with Crippen LogP contribution in [0.4, 0.5) is 13.2 Å². The zero-order valence-corrected chi connectivity index (χ0v) is 15.6. The Morgan fingerprint density at radius 1 is 1.03 bits per heavy atom. The highest BCUT2D eigenvalue weighted by atomic mass is 19.2. The lowest BCUT2D eigenvalue weighted by molar-refractivity contribution is -0.377. The summed E-state index contributed by atoms with van der Waals surface area (Å²) >= 11 is 0. The summed E-state index contributed by atoms with van der Waals surface area (Å²) in [7, 11) is 0. The fourth-order valence-electron chi connectivity index (χ4n) is 3.21. The van der Waals surface area contributed by atoms with Crippen LogP contribution in [0, 0.1) is 61.6 Å². The second-order valence-corrected chi connectivity index (χ2v) is 6.40. The van der Waals surface area contributed by atoms with Gasteiger partial charge in [-0.25, -0.2) is 13.2 Å². The lowest BCUT2D eigenvalue weighted by atomic mass is 9.99. The molecule has 11 heteroatoms. The van der Waals surface area contributed by atoms with E-state index in [-0.39, 0.29) is 25.5 Å². The molecule has 8 nitrogen and oxygen atoms in total. The minimum atomic E-state index is -1.91. The average Bonchev–Trinajstić information content (AvgIpc) is 3.20. The Balaban J connectivity index is 2.19. The van der Waals surface area contributed by atoms with Gasteiger partial charge >= 0.3 is 5.70 Å². The molecule has 1 N–H and O–H groups in total. The zero-order chi connectivity index (χ0) is 22.7. The summed E-state index contributed by atoms with van der Waals surface area (Å²) < 4.78 is 43.4. The minimum Gasteiger partial charge on any atom is -0.364 e. The van der Waals surface area contributed by atoms with E-state index in [2.05, 4.69) is 5.32 Å². The minimum absolute atomic E-state index is 0.107. The van der Waals surface area contributed by atoms with Crippen LogP contribution in [0.25, 0.3) is 5.70 Å². The Kier molecular flexibility index (Phi) is 5.76. The van der Waals surface area contributed by atoms with Gasteiger partial charge in [-0.15, -0.1) is 0 Å². The predicted octanol–water partition coefficient (Wildman–Crippen LogP) is 2.73. The SMILES string of the molecule is N#Cc1ccc(CN2CCN/C2=C(/c2c(F)c(F)c(C#N)c(F)c2C#N)[N+](=O)[O-])cc1. The number of hydrogen-bond donors (Lipinski definition) is 1. The van der Waals surface area contributed by atoms with Crippen LogP contribution < -0.4 is 5.32 Å². The molecular weight excluding hydrogens is 413 g/mol. The van der Waals surface area contributed by atoms with E-state index in [9.17, 15) is 28.5 Å². The molecule has 31 heavy (non-hydrogen) atoms. The predicted molar refractivity (Wildman–Crippen MR) is 99.2 cm³/mol. The van der Waals surface area contributed by atoms with Crippen LogP contribution in [0.1, 0.15) is 27.8 Å². The third-order valence-corrected chi connectivity index (χ3v) is 4.63. The van der Waals surface area contributed by atoms with Crippen LogP contribution in [0.3, 0.4) is 0 Å². The van der Waals surface area contributed by atoms with Gasteiger partial charge in [-0.3, -0.25) is 10.1 Å². The summed E-state index contributed by atoms with van der Waals surface area (Å²) in [5.74, 6) is -5.67. The highest BCUT2D eigenvalue weighted by Gasteiger charge is 2.37. The van der Waals surface area contributed by atoms with Crippen molar-refractivity contribution in [3.05, 3.63) is 85.5 Å². The Morgan fingerprint density at radius 2 is 1.68 bits per heavy atom. The highest BCUT2D eigenvalue weighted by molar-refractivity contribution is 5.69. The van der Waals surface area contributed by atoms with Gasteiger partial charge in [0.15, 0.2) is 23.3 Å². The number of rotatable bonds is 4. The van der Waals surface area contributed by atoms with Crippen LogP contribution >= 0.6 is 0 Å². The first-order chi connectivity index (χ1) is 14.8. The van der Waals surface area contributed by atoms with E-state index >= 15 is 0 Å². The first-order valence-electron chi connectivity index (χ1n) is 8.71. The Labute approximate surface area is 173 Å². The number of nitro groups is 1. The maximum absolute atomic E-state index is 14.7. The molecule has 0 atom stereocenters. The molecule has 0 aromatic heterocycles. The first kappa shape index (κ1) is 21.2. The zero-order valence-electron chi connectivity index (χ0n) is 15.6. The quantitative estimate of drug-likeness (QED) is 0.454. The molecule has 1 fully saturated rings. The van der Waals surface area contributed by atoms with E-state index in [0.717, 1.165) is 6.07 Å². The monoisotopic (exact) mass is 424 g/mol. The van der Waals surface area contributed by atoms with Crippen LogP contribution in [0.2, 0.25) is 0 Å². The standard InChI is InChI=1S/C20H11F3N6O2/c21-16-13(8-25)15(18(23)17(22)14(16)9-26)19(29(30)31)20-27-5-6-28(20)10-12-3-1-11(7-24)2-4-12/h1-4,27H,5-6,10H2/b20-19+. The molecule has 2 aromatic rings. The van der Waals surface area contributed by atoms with E-state index in [1.807, 2.05) is 6.07 Å². The van der Waals surface area contributed by atoms with Crippen LogP contribution in [-0.4, -0.2) is 22.9 Å².